The van der Waals surface area contributed by atoms with Gasteiger partial charge in [-0.25, -0.2) is 0 Å². The maximum atomic E-state index is 9.19. The molecule has 1 unspecified atom stereocenters. The molecule has 4 N–H and O–H groups in total. The molecule has 0 radical (unpaired) electrons. The molecule has 0 amide bonds. The molecular formula is C11H17NO3. The minimum atomic E-state index is 0.116. The van der Waals surface area contributed by atoms with E-state index >= 15 is 0 Å². The van der Waals surface area contributed by atoms with Crippen molar-refractivity contribution in [3.63, 3.8) is 0 Å². The standard InChI is InChI=1S/C11H17NO3/c12-7-9(4-5-13)8-15-11-3-1-2-10(14)6-11/h1-3,6,9,13-14H,4-5,7-8,12H2. The van der Waals surface area contributed by atoms with E-state index in [9.17, 15) is 5.11 Å². The van der Waals surface area contributed by atoms with E-state index in [-0.39, 0.29) is 18.3 Å². The lowest BCUT2D eigenvalue weighted by molar-refractivity contribution is 0.201. The predicted molar refractivity (Wildman–Crippen MR) is 57.8 cm³/mol. The summed E-state index contributed by atoms with van der Waals surface area (Å²) in [4.78, 5) is 0. The second-order valence-corrected chi connectivity index (χ2v) is 3.42. The summed E-state index contributed by atoms with van der Waals surface area (Å²) in [6.45, 7) is 1.06. The van der Waals surface area contributed by atoms with Gasteiger partial charge in [-0.1, -0.05) is 6.07 Å². The first-order valence-corrected chi connectivity index (χ1v) is 4.99. The topological polar surface area (TPSA) is 75.7 Å². The lowest BCUT2D eigenvalue weighted by Gasteiger charge is -2.14. The van der Waals surface area contributed by atoms with E-state index in [0.717, 1.165) is 0 Å². The van der Waals surface area contributed by atoms with Crippen LogP contribution < -0.4 is 10.5 Å². The van der Waals surface area contributed by atoms with Gasteiger partial charge in [0.2, 0.25) is 0 Å². The number of benzene rings is 1. The van der Waals surface area contributed by atoms with E-state index in [4.69, 9.17) is 15.6 Å². The summed E-state index contributed by atoms with van der Waals surface area (Å²) in [5, 5.41) is 18.0. The highest BCUT2D eigenvalue weighted by Gasteiger charge is 2.06. The van der Waals surface area contributed by atoms with Crippen LogP contribution in [0.1, 0.15) is 6.42 Å². The SMILES string of the molecule is NCC(CCO)COc1cccc(O)c1. The monoisotopic (exact) mass is 211 g/mol. The number of aliphatic hydroxyl groups excluding tert-OH is 1. The third-order valence-corrected chi connectivity index (χ3v) is 2.17. The fraction of sp³-hybridized carbons (Fsp3) is 0.455. The van der Waals surface area contributed by atoms with Gasteiger partial charge in [0.05, 0.1) is 6.61 Å². The molecule has 0 spiro atoms. The number of phenols is 1. The van der Waals surface area contributed by atoms with Crippen molar-refractivity contribution in [1.29, 1.82) is 0 Å². The van der Waals surface area contributed by atoms with Crippen molar-refractivity contribution in [3.8, 4) is 11.5 Å². The Morgan fingerprint density at radius 3 is 2.80 bits per heavy atom. The van der Waals surface area contributed by atoms with Crippen molar-refractivity contribution in [2.75, 3.05) is 19.8 Å². The Bertz CT molecular complexity index is 291. The quantitative estimate of drug-likeness (QED) is 0.648. The first-order valence-electron chi connectivity index (χ1n) is 4.99. The zero-order valence-corrected chi connectivity index (χ0v) is 8.60. The molecule has 4 nitrogen and oxygen atoms in total. The summed E-state index contributed by atoms with van der Waals surface area (Å²) in [6, 6.07) is 6.62. The summed E-state index contributed by atoms with van der Waals surface area (Å²) in [5.41, 5.74) is 5.51. The summed E-state index contributed by atoms with van der Waals surface area (Å²) in [5.74, 6) is 0.947. The fourth-order valence-electron chi connectivity index (χ4n) is 1.24. The van der Waals surface area contributed by atoms with Crippen LogP contribution in [-0.4, -0.2) is 30.0 Å². The number of phenolic OH excluding ortho intramolecular Hbond substituents is 1. The normalized spacial score (nSPS) is 12.4. The van der Waals surface area contributed by atoms with Crippen molar-refractivity contribution in [3.05, 3.63) is 24.3 Å². The van der Waals surface area contributed by atoms with Crippen LogP contribution in [0.3, 0.4) is 0 Å². The Hall–Kier alpha value is -1.26. The number of rotatable bonds is 6. The Morgan fingerprint density at radius 2 is 2.20 bits per heavy atom. The minimum absolute atomic E-state index is 0.116. The van der Waals surface area contributed by atoms with Crippen molar-refractivity contribution >= 4 is 0 Å². The lowest BCUT2D eigenvalue weighted by atomic mass is 10.1. The third kappa shape index (κ3) is 4.18. The number of ether oxygens (including phenoxy) is 1. The average molecular weight is 211 g/mol. The molecule has 0 saturated heterocycles. The van der Waals surface area contributed by atoms with Crippen LogP contribution in [-0.2, 0) is 0 Å². The van der Waals surface area contributed by atoms with Gasteiger partial charge in [0.1, 0.15) is 11.5 Å². The number of hydrogen-bond acceptors (Lipinski definition) is 4. The molecule has 0 aliphatic heterocycles. The molecule has 1 atom stereocenters. The van der Waals surface area contributed by atoms with E-state index in [1.165, 1.54) is 0 Å². The Morgan fingerprint density at radius 1 is 1.40 bits per heavy atom. The highest BCUT2D eigenvalue weighted by molar-refractivity contribution is 5.31. The molecule has 0 fully saturated rings. The predicted octanol–water partition coefficient (Wildman–Crippen LogP) is 0.728. The summed E-state index contributed by atoms with van der Waals surface area (Å²) >= 11 is 0. The van der Waals surface area contributed by atoms with Crippen LogP contribution >= 0.6 is 0 Å². The number of nitrogens with two attached hydrogens (primary N) is 1. The molecule has 1 aromatic carbocycles. The van der Waals surface area contributed by atoms with Crippen LogP contribution in [0.5, 0.6) is 11.5 Å². The van der Waals surface area contributed by atoms with Crippen molar-refractivity contribution in [2.45, 2.75) is 6.42 Å². The summed E-state index contributed by atoms with van der Waals surface area (Å²) in [6.07, 6.45) is 0.634. The van der Waals surface area contributed by atoms with Crippen LogP contribution in [0.4, 0.5) is 0 Å². The summed E-state index contributed by atoms with van der Waals surface area (Å²) in [7, 11) is 0. The molecule has 0 aromatic heterocycles. The molecule has 0 saturated carbocycles. The molecule has 15 heavy (non-hydrogen) atoms. The molecule has 4 heteroatoms. The molecule has 1 rings (SSSR count). The number of hydrogen-bond donors (Lipinski definition) is 3. The van der Waals surface area contributed by atoms with Gasteiger partial charge in [0.15, 0.2) is 0 Å². The maximum Gasteiger partial charge on any atom is 0.122 e. The molecule has 0 heterocycles. The van der Waals surface area contributed by atoms with E-state index in [0.29, 0.717) is 25.3 Å². The third-order valence-electron chi connectivity index (χ3n) is 2.17. The molecular weight excluding hydrogens is 194 g/mol. The second kappa shape index (κ2) is 6.27. The van der Waals surface area contributed by atoms with Crippen LogP contribution in [0.25, 0.3) is 0 Å². The highest BCUT2D eigenvalue weighted by Crippen LogP contribution is 2.18. The van der Waals surface area contributed by atoms with Gasteiger partial charge in [-0.2, -0.15) is 0 Å². The van der Waals surface area contributed by atoms with E-state index in [1.807, 2.05) is 0 Å². The average Bonchev–Trinajstić information content (AvgIpc) is 2.24. The maximum absolute atomic E-state index is 9.19. The number of aliphatic hydroxyl groups is 1. The van der Waals surface area contributed by atoms with E-state index < -0.39 is 0 Å². The molecule has 0 bridgehead atoms. The van der Waals surface area contributed by atoms with E-state index in [1.54, 1.807) is 24.3 Å². The van der Waals surface area contributed by atoms with Gasteiger partial charge >= 0.3 is 0 Å². The summed E-state index contributed by atoms with van der Waals surface area (Å²) < 4.78 is 5.44. The Kier molecular flexibility index (Phi) is 4.93. The van der Waals surface area contributed by atoms with E-state index in [2.05, 4.69) is 0 Å². The Labute approximate surface area is 89.3 Å². The first kappa shape index (κ1) is 11.8. The van der Waals surface area contributed by atoms with Crippen LogP contribution in [0.15, 0.2) is 24.3 Å². The number of aromatic hydroxyl groups is 1. The zero-order valence-electron chi connectivity index (χ0n) is 8.60. The van der Waals surface area contributed by atoms with Gasteiger partial charge < -0.3 is 20.7 Å². The highest BCUT2D eigenvalue weighted by atomic mass is 16.5. The van der Waals surface area contributed by atoms with Gasteiger partial charge in [-0.05, 0) is 25.1 Å². The molecule has 0 aliphatic rings. The smallest absolute Gasteiger partial charge is 0.122 e. The van der Waals surface area contributed by atoms with Crippen LogP contribution in [0, 0.1) is 5.92 Å². The van der Waals surface area contributed by atoms with Crippen molar-refractivity contribution in [1.82, 2.24) is 0 Å². The minimum Gasteiger partial charge on any atom is -0.508 e. The fourth-order valence-corrected chi connectivity index (χ4v) is 1.24. The Balaban J connectivity index is 2.41. The lowest BCUT2D eigenvalue weighted by Crippen LogP contribution is -2.22. The van der Waals surface area contributed by atoms with Gasteiger partial charge in [0, 0.05) is 18.6 Å². The molecule has 1 aromatic rings. The van der Waals surface area contributed by atoms with Crippen LogP contribution in [0.2, 0.25) is 0 Å². The van der Waals surface area contributed by atoms with Gasteiger partial charge in [0.25, 0.3) is 0 Å². The van der Waals surface area contributed by atoms with Crippen molar-refractivity contribution in [2.24, 2.45) is 11.7 Å². The largest absolute Gasteiger partial charge is 0.508 e. The van der Waals surface area contributed by atoms with Gasteiger partial charge in [-0.3, -0.25) is 0 Å². The first-order chi connectivity index (χ1) is 7.26. The second-order valence-electron chi connectivity index (χ2n) is 3.42. The zero-order chi connectivity index (χ0) is 11.1. The van der Waals surface area contributed by atoms with Crippen molar-refractivity contribution < 1.29 is 14.9 Å². The molecule has 0 aliphatic carbocycles. The van der Waals surface area contributed by atoms with Gasteiger partial charge in [-0.15, -0.1) is 0 Å². The molecule has 84 valence electrons.